The van der Waals surface area contributed by atoms with Crippen molar-refractivity contribution in [3.8, 4) is 0 Å². The Morgan fingerprint density at radius 1 is 1.10 bits per heavy atom. The Balaban J connectivity index is 2.30. The number of benzene rings is 2. The van der Waals surface area contributed by atoms with E-state index in [0.717, 1.165) is 23.1 Å². The quantitative estimate of drug-likeness (QED) is 0.846. The third-order valence-corrected chi connectivity index (χ3v) is 3.67. The highest BCUT2D eigenvalue weighted by Crippen LogP contribution is 2.27. The second-order valence-electron chi connectivity index (χ2n) is 5.75. The van der Waals surface area contributed by atoms with Crippen molar-refractivity contribution in [3.63, 3.8) is 0 Å². The SMILES string of the molecule is Cc1cc(Cl)ccc1C(O)c1cccc(CC(C)C)c1. The standard InChI is InChI=1S/C18H21ClO/c1-12(2)9-14-5-4-6-15(11-14)18(20)17-8-7-16(19)10-13(17)3/h4-8,10-12,18,20H,9H2,1-3H3. The first-order valence-corrected chi connectivity index (χ1v) is 7.38. The van der Waals surface area contributed by atoms with E-state index in [4.69, 9.17) is 11.6 Å². The molecule has 0 bridgehead atoms. The Hall–Kier alpha value is -1.31. The summed E-state index contributed by atoms with van der Waals surface area (Å²) in [6.45, 7) is 6.38. The minimum absolute atomic E-state index is 0.598. The first-order chi connectivity index (χ1) is 9.47. The van der Waals surface area contributed by atoms with Gasteiger partial charge in [-0.2, -0.15) is 0 Å². The van der Waals surface area contributed by atoms with Gasteiger partial charge in [-0.05, 0) is 53.6 Å². The van der Waals surface area contributed by atoms with Crippen LogP contribution in [0.15, 0.2) is 42.5 Å². The van der Waals surface area contributed by atoms with E-state index in [1.54, 1.807) is 0 Å². The Morgan fingerprint density at radius 3 is 2.50 bits per heavy atom. The third kappa shape index (κ3) is 3.62. The summed E-state index contributed by atoms with van der Waals surface area (Å²) in [7, 11) is 0. The zero-order valence-corrected chi connectivity index (χ0v) is 13.0. The van der Waals surface area contributed by atoms with Gasteiger partial charge in [-0.3, -0.25) is 0 Å². The molecule has 2 rings (SSSR count). The molecule has 0 aliphatic rings. The van der Waals surface area contributed by atoms with Crippen molar-refractivity contribution in [2.24, 2.45) is 5.92 Å². The normalized spacial score (nSPS) is 12.7. The summed E-state index contributed by atoms with van der Waals surface area (Å²) < 4.78 is 0. The van der Waals surface area contributed by atoms with Crippen molar-refractivity contribution in [2.75, 3.05) is 0 Å². The average molecular weight is 289 g/mol. The molecule has 0 heterocycles. The molecule has 1 unspecified atom stereocenters. The maximum Gasteiger partial charge on any atom is 0.104 e. The number of aliphatic hydroxyl groups excluding tert-OH is 1. The topological polar surface area (TPSA) is 20.2 Å². The van der Waals surface area contributed by atoms with Gasteiger partial charge in [-0.25, -0.2) is 0 Å². The van der Waals surface area contributed by atoms with Crippen molar-refractivity contribution in [3.05, 3.63) is 69.7 Å². The summed E-state index contributed by atoms with van der Waals surface area (Å²) in [6.07, 6.45) is 0.430. The van der Waals surface area contributed by atoms with E-state index in [-0.39, 0.29) is 0 Å². The summed E-state index contributed by atoms with van der Waals surface area (Å²) in [5.74, 6) is 0.611. The van der Waals surface area contributed by atoms with E-state index in [2.05, 4.69) is 26.0 Å². The minimum Gasteiger partial charge on any atom is -0.384 e. The van der Waals surface area contributed by atoms with Gasteiger partial charge < -0.3 is 5.11 Å². The van der Waals surface area contributed by atoms with Crippen LogP contribution < -0.4 is 0 Å². The van der Waals surface area contributed by atoms with Crippen molar-refractivity contribution < 1.29 is 5.11 Å². The van der Waals surface area contributed by atoms with Gasteiger partial charge in [0.25, 0.3) is 0 Å². The van der Waals surface area contributed by atoms with Crippen molar-refractivity contribution in [1.29, 1.82) is 0 Å². The maximum absolute atomic E-state index is 10.6. The number of halogens is 1. The van der Waals surface area contributed by atoms with Gasteiger partial charge in [-0.15, -0.1) is 0 Å². The first kappa shape index (κ1) is 15.1. The van der Waals surface area contributed by atoms with E-state index in [1.165, 1.54) is 5.56 Å². The molecule has 0 saturated heterocycles. The van der Waals surface area contributed by atoms with Crippen LogP contribution in [-0.4, -0.2) is 5.11 Å². The van der Waals surface area contributed by atoms with Gasteiger partial charge in [0.05, 0.1) is 0 Å². The summed E-state index contributed by atoms with van der Waals surface area (Å²) in [5.41, 5.74) is 4.13. The molecule has 2 aromatic rings. The molecule has 2 aromatic carbocycles. The second kappa shape index (κ2) is 6.43. The van der Waals surface area contributed by atoms with Crippen molar-refractivity contribution in [2.45, 2.75) is 33.3 Å². The number of hydrogen-bond donors (Lipinski definition) is 1. The van der Waals surface area contributed by atoms with Crippen molar-refractivity contribution in [1.82, 2.24) is 0 Å². The van der Waals surface area contributed by atoms with Crippen LogP contribution in [0.5, 0.6) is 0 Å². The molecule has 0 saturated carbocycles. The summed E-state index contributed by atoms with van der Waals surface area (Å²) in [5, 5.41) is 11.3. The second-order valence-corrected chi connectivity index (χ2v) is 6.18. The molecular weight excluding hydrogens is 268 g/mol. The average Bonchev–Trinajstić information content (AvgIpc) is 2.37. The molecule has 1 atom stereocenters. The number of aliphatic hydroxyl groups is 1. The molecule has 0 aliphatic heterocycles. The Bertz CT molecular complexity index is 590. The maximum atomic E-state index is 10.6. The van der Waals surface area contributed by atoms with Gasteiger partial charge in [-0.1, -0.05) is 55.8 Å². The fourth-order valence-corrected chi connectivity index (χ4v) is 2.71. The molecule has 0 radical (unpaired) electrons. The monoisotopic (exact) mass is 288 g/mol. The zero-order valence-electron chi connectivity index (χ0n) is 12.2. The first-order valence-electron chi connectivity index (χ1n) is 7.00. The molecule has 0 fully saturated rings. The lowest BCUT2D eigenvalue weighted by atomic mass is 9.94. The molecule has 1 nitrogen and oxygen atoms in total. The molecule has 0 aliphatic carbocycles. The molecule has 0 spiro atoms. The van der Waals surface area contributed by atoms with Crippen LogP contribution in [0.2, 0.25) is 5.02 Å². The van der Waals surface area contributed by atoms with Gasteiger partial charge in [0.2, 0.25) is 0 Å². The molecule has 2 heteroatoms. The zero-order chi connectivity index (χ0) is 14.7. The highest BCUT2D eigenvalue weighted by atomic mass is 35.5. The van der Waals surface area contributed by atoms with Crippen molar-refractivity contribution >= 4 is 11.6 Å². The molecule has 0 aromatic heterocycles. The van der Waals surface area contributed by atoms with E-state index >= 15 is 0 Å². The number of hydrogen-bond acceptors (Lipinski definition) is 1. The Kier molecular flexibility index (Phi) is 4.85. The summed E-state index contributed by atoms with van der Waals surface area (Å²) >= 11 is 5.97. The fraction of sp³-hybridized carbons (Fsp3) is 0.333. The van der Waals surface area contributed by atoms with Crippen LogP contribution in [-0.2, 0) is 6.42 Å². The predicted octanol–water partition coefficient (Wildman–Crippen LogP) is 4.93. The van der Waals surface area contributed by atoms with E-state index in [0.29, 0.717) is 10.9 Å². The molecule has 0 amide bonds. The Labute approximate surface area is 126 Å². The number of rotatable bonds is 4. The van der Waals surface area contributed by atoms with Crippen LogP contribution in [0, 0.1) is 12.8 Å². The highest BCUT2D eigenvalue weighted by Gasteiger charge is 2.13. The van der Waals surface area contributed by atoms with Crippen LogP contribution in [0.4, 0.5) is 0 Å². The third-order valence-electron chi connectivity index (χ3n) is 3.44. The van der Waals surface area contributed by atoms with Crippen LogP contribution in [0.25, 0.3) is 0 Å². The number of aryl methyl sites for hydroxylation is 1. The lowest BCUT2D eigenvalue weighted by molar-refractivity contribution is 0.219. The van der Waals surface area contributed by atoms with Gasteiger partial charge in [0.15, 0.2) is 0 Å². The van der Waals surface area contributed by atoms with E-state index < -0.39 is 6.10 Å². The lowest BCUT2D eigenvalue weighted by Gasteiger charge is -2.16. The van der Waals surface area contributed by atoms with Gasteiger partial charge >= 0.3 is 0 Å². The van der Waals surface area contributed by atoms with Crippen LogP contribution in [0.3, 0.4) is 0 Å². The molecule has 1 N–H and O–H groups in total. The Morgan fingerprint density at radius 2 is 1.85 bits per heavy atom. The molecule has 20 heavy (non-hydrogen) atoms. The smallest absolute Gasteiger partial charge is 0.104 e. The van der Waals surface area contributed by atoms with E-state index in [1.807, 2.05) is 37.3 Å². The largest absolute Gasteiger partial charge is 0.384 e. The summed E-state index contributed by atoms with van der Waals surface area (Å²) in [6, 6.07) is 13.8. The van der Waals surface area contributed by atoms with Gasteiger partial charge in [0, 0.05) is 5.02 Å². The molecular formula is C18H21ClO. The van der Waals surface area contributed by atoms with Crippen LogP contribution >= 0.6 is 11.6 Å². The van der Waals surface area contributed by atoms with Gasteiger partial charge in [0.1, 0.15) is 6.10 Å². The minimum atomic E-state index is -0.598. The summed E-state index contributed by atoms with van der Waals surface area (Å²) in [4.78, 5) is 0. The predicted molar refractivity (Wildman–Crippen MR) is 85.2 cm³/mol. The highest BCUT2D eigenvalue weighted by molar-refractivity contribution is 6.30. The fourth-order valence-electron chi connectivity index (χ4n) is 2.49. The molecule has 106 valence electrons. The van der Waals surface area contributed by atoms with Crippen LogP contribution in [0.1, 0.15) is 42.2 Å². The van der Waals surface area contributed by atoms with E-state index in [9.17, 15) is 5.11 Å². The lowest BCUT2D eigenvalue weighted by Crippen LogP contribution is -2.03.